The van der Waals surface area contributed by atoms with Crippen molar-refractivity contribution >= 4 is 35.8 Å². The van der Waals surface area contributed by atoms with E-state index in [4.69, 9.17) is 0 Å². The fraction of sp³-hybridized carbons (Fsp3) is 0.857. The average molecular weight is 954 g/mol. The molecule has 64 heavy (non-hydrogen) atoms. The Morgan fingerprint density at radius 2 is 0.531 bits per heavy atom. The molecule has 6 saturated heterocycles. The van der Waals surface area contributed by atoms with Crippen LogP contribution in [0, 0.1) is 0 Å². The number of fused-ring (bicyclic) bond motifs is 6. The van der Waals surface area contributed by atoms with Gasteiger partial charge in [-0.1, -0.05) is 0 Å². The van der Waals surface area contributed by atoms with Crippen molar-refractivity contribution < 1.29 is 76.9 Å². The van der Waals surface area contributed by atoms with Crippen LogP contribution in [0.5, 0.6) is 0 Å². The van der Waals surface area contributed by atoms with E-state index in [2.05, 4.69) is 91.3 Å². The summed E-state index contributed by atoms with van der Waals surface area (Å²) in [7, 11) is 0. The Hall–Kier alpha value is -2.15. The fourth-order valence-corrected chi connectivity index (χ4v) is 8.72. The molecule has 12 heterocycles. The van der Waals surface area contributed by atoms with Gasteiger partial charge in [0.25, 0.3) is 0 Å². The van der Waals surface area contributed by atoms with Crippen molar-refractivity contribution in [2.24, 2.45) is 25.0 Å². The largest absolute Gasteiger partial charge is 2.00 e. The molecule has 1 N–H and O–H groups in total. The molecule has 346 valence electrons. The molecule has 2 radical (unpaired) electrons. The van der Waals surface area contributed by atoms with Crippen LogP contribution in [0.1, 0.15) is 77.0 Å². The standard InChI is InChI=1S/6C7H12N3.2Li.2Mn/c6*1-3-8-7-9-4-2-6-10(7)5-1;;;;/h6*1-6H2;;;;/q6*-1;2*+1;2*+2/p+1. The molecule has 12 aliphatic rings. The molecule has 0 bridgehead atoms. The molecule has 18 nitrogen and oxygen atoms in total. The minimum atomic E-state index is 0. The van der Waals surface area contributed by atoms with Gasteiger partial charge >= 0.3 is 71.9 Å². The number of nitrogens with one attached hydrogen (secondary N) is 1. The molecule has 0 aromatic carbocycles. The van der Waals surface area contributed by atoms with Crippen molar-refractivity contribution in [1.82, 2.24) is 29.4 Å². The molecule has 0 spiro atoms. The summed E-state index contributed by atoms with van der Waals surface area (Å²) in [4.78, 5) is 38.7. The Bertz CT molecular complexity index is 1220. The number of guanidine groups is 6. The predicted octanol–water partition coefficient (Wildman–Crippen LogP) is -2.96. The second kappa shape index (κ2) is 32.5. The molecule has 0 amide bonds. The van der Waals surface area contributed by atoms with Gasteiger partial charge in [0.05, 0.1) is 0 Å². The number of aliphatic imine (C=N–C) groups is 5. The van der Waals surface area contributed by atoms with Crippen LogP contribution in [0.4, 0.5) is 0 Å². The summed E-state index contributed by atoms with van der Waals surface area (Å²) in [6, 6.07) is 0. The van der Waals surface area contributed by atoms with Crippen LogP contribution in [0.25, 0.3) is 31.9 Å². The van der Waals surface area contributed by atoms with Gasteiger partial charge in [0.15, 0.2) is 5.96 Å². The molecule has 0 unspecified atom stereocenters. The summed E-state index contributed by atoms with van der Waals surface area (Å²) in [5.74, 6) is 6.19. The first-order valence-corrected chi connectivity index (χ1v) is 23.7. The molecule has 6 fully saturated rings. The molecule has 0 saturated carbocycles. The first kappa shape index (κ1) is 56.2. The van der Waals surface area contributed by atoms with Gasteiger partial charge < -0.3 is 85.9 Å². The molecule has 0 atom stereocenters. The summed E-state index contributed by atoms with van der Waals surface area (Å²) in [6.45, 7) is 26.0. The van der Waals surface area contributed by atoms with E-state index < -0.39 is 0 Å². The molecule has 0 aliphatic carbocycles. The van der Waals surface area contributed by atoms with E-state index in [-0.39, 0.29) is 71.9 Å². The second-order valence-electron chi connectivity index (χ2n) is 16.6. The van der Waals surface area contributed by atoms with Crippen LogP contribution in [-0.2, 0) is 34.1 Å². The molecule has 12 rings (SSSR count). The second-order valence-corrected chi connectivity index (χ2v) is 16.6. The summed E-state index contributed by atoms with van der Waals surface area (Å²) in [5, 5.41) is 26.0. The molecule has 0 aromatic heterocycles. The zero-order chi connectivity index (χ0) is 40.9. The van der Waals surface area contributed by atoms with Crippen LogP contribution < -0.4 is 42.7 Å². The van der Waals surface area contributed by atoms with Gasteiger partial charge in [-0.2, -0.15) is 0 Å². The van der Waals surface area contributed by atoms with Crippen molar-refractivity contribution in [1.29, 1.82) is 0 Å². The van der Waals surface area contributed by atoms with E-state index in [0.717, 1.165) is 114 Å². The summed E-state index contributed by atoms with van der Waals surface area (Å²) in [5.41, 5.74) is 0. The van der Waals surface area contributed by atoms with E-state index in [1.54, 1.807) is 0 Å². The van der Waals surface area contributed by atoms with Gasteiger partial charge in [0.1, 0.15) is 0 Å². The third-order valence-electron chi connectivity index (χ3n) is 11.8. The monoisotopic (exact) mass is 954 g/mol. The number of hydrogen-bond donors (Lipinski definition) is 1. The van der Waals surface area contributed by atoms with Gasteiger partial charge in [-0.15, -0.1) is 0 Å². The Morgan fingerprint density at radius 1 is 0.297 bits per heavy atom. The molecule has 12 aliphatic heterocycles. The Morgan fingerprint density at radius 3 is 0.797 bits per heavy atom. The third-order valence-corrected chi connectivity index (χ3v) is 11.8. The first-order valence-electron chi connectivity index (χ1n) is 23.7. The van der Waals surface area contributed by atoms with E-state index in [9.17, 15) is 0 Å². The Labute approximate surface area is 430 Å². The van der Waals surface area contributed by atoms with E-state index in [0.29, 0.717) is 0 Å². The van der Waals surface area contributed by atoms with Crippen molar-refractivity contribution in [2.45, 2.75) is 77.0 Å². The number of rotatable bonds is 0. The first-order chi connectivity index (χ1) is 29.8. The van der Waals surface area contributed by atoms with Gasteiger partial charge in [0, 0.05) is 56.0 Å². The zero-order valence-corrected chi connectivity index (χ0v) is 41.7. The maximum atomic E-state index is 4.38. The van der Waals surface area contributed by atoms with Crippen molar-refractivity contribution in [3.8, 4) is 0 Å². The minimum absolute atomic E-state index is 0. The molecule has 0 aromatic rings. The topological polar surface area (TPSA) is 180 Å². The summed E-state index contributed by atoms with van der Waals surface area (Å²) in [6.07, 6.45) is 14.6. The molecular formula is C42H73Li2Mn2N18+. The van der Waals surface area contributed by atoms with Crippen molar-refractivity contribution in [3.05, 3.63) is 31.9 Å². The van der Waals surface area contributed by atoms with Gasteiger partial charge in [-0.3, -0.25) is 5.32 Å². The normalized spacial score (nSPS) is 23.2. The SMILES string of the molecule is C1CN=C2[N-]CCCN2C1.C1CN=C2[N-]CCCN2C1.C1CN=C2[N-]CCCN2C1.C1CN=C2[N-]CCCN2C1.C1CN=C2[N-]CCCN2C1.C1C[N-]C2=[NH+]CCCN2C1.[Li+].[Li+].[Mn+2].[Mn+2]. The summed E-state index contributed by atoms with van der Waals surface area (Å²) < 4.78 is 0. The van der Waals surface area contributed by atoms with E-state index in [1.165, 1.54) is 156 Å². The van der Waals surface area contributed by atoms with Gasteiger partial charge in [0.2, 0.25) is 0 Å². The van der Waals surface area contributed by atoms with E-state index >= 15 is 0 Å². The third kappa shape index (κ3) is 18.5. The molecular weight excluding hydrogens is 880 g/mol. The molecule has 22 heteroatoms. The van der Waals surface area contributed by atoms with Crippen LogP contribution in [-0.4, -0.2) is 222 Å². The minimum Gasteiger partial charge on any atom is -0.426 e. The van der Waals surface area contributed by atoms with E-state index in [1.807, 2.05) is 0 Å². The average Bonchev–Trinajstić information content (AvgIpc) is 3.35. The summed E-state index contributed by atoms with van der Waals surface area (Å²) >= 11 is 0. The fourth-order valence-electron chi connectivity index (χ4n) is 8.72. The zero-order valence-electron chi connectivity index (χ0n) is 39.3. The quantitative estimate of drug-likeness (QED) is 0.254. The maximum absolute atomic E-state index is 4.38. The maximum Gasteiger partial charge on any atom is 2.00 e. The number of nitrogens with zero attached hydrogens (tertiary/aromatic N) is 17. The van der Waals surface area contributed by atoms with Crippen molar-refractivity contribution in [3.63, 3.8) is 0 Å². The predicted molar refractivity (Wildman–Crippen MR) is 247 cm³/mol. The van der Waals surface area contributed by atoms with Gasteiger partial charge in [-0.25, -0.2) is 0 Å². The van der Waals surface area contributed by atoms with Gasteiger partial charge in [-0.05, 0) is 208 Å². The Balaban J connectivity index is 0.000000202. The smallest absolute Gasteiger partial charge is 0.426 e. The van der Waals surface area contributed by atoms with Crippen LogP contribution >= 0.6 is 0 Å². The van der Waals surface area contributed by atoms with Crippen molar-refractivity contribution in [2.75, 3.05) is 157 Å². The van der Waals surface area contributed by atoms with Crippen LogP contribution in [0.15, 0.2) is 25.0 Å². The number of hydrogen-bond acceptors (Lipinski definition) is 11. The van der Waals surface area contributed by atoms with Crippen LogP contribution in [0.3, 0.4) is 0 Å². The Kier molecular flexibility index (Phi) is 28.6. The van der Waals surface area contributed by atoms with Crippen LogP contribution in [0.2, 0.25) is 0 Å².